The highest BCUT2D eigenvalue weighted by atomic mass is 16.5. The monoisotopic (exact) mass is 218 g/mol. The highest BCUT2D eigenvalue weighted by Crippen LogP contribution is 2.11. The molecule has 0 aliphatic heterocycles. The zero-order valence-electron chi connectivity index (χ0n) is 9.40. The Labute approximate surface area is 93.9 Å². The van der Waals surface area contributed by atoms with Gasteiger partial charge in [-0.2, -0.15) is 0 Å². The van der Waals surface area contributed by atoms with Gasteiger partial charge in [0.1, 0.15) is 5.52 Å². The molecule has 5 heteroatoms. The fourth-order valence-electron chi connectivity index (χ4n) is 1.39. The van der Waals surface area contributed by atoms with Gasteiger partial charge in [0.2, 0.25) is 5.95 Å². The topological polar surface area (TPSA) is 59.9 Å². The quantitative estimate of drug-likeness (QED) is 0.786. The number of hydrogen-bond acceptors (Lipinski definition) is 5. The predicted molar refractivity (Wildman–Crippen MR) is 62.4 cm³/mol. The summed E-state index contributed by atoms with van der Waals surface area (Å²) in [5.41, 5.74) is 2.83. The Balaban J connectivity index is 2.21. The van der Waals surface area contributed by atoms with Gasteiger partial charge in [0, 0.05) is 13.7 Å². The number of methoxy groups -OCH3 is 1. The number of benzene rings is 1. The molecule has 1 heterocycles. The average molecular weight is 218 g/mol. The summed E-state index contributed by atoms with van der Waals surface area (Å²) in [4.78, 5) is 4.37. The molecule has 16 heavy (non-hydrogen) atoms. The minimum Gasteiger partial charge on any atom is -0.383 e. The first kappa shape index (κ1) is 10.8. The summed E-state index contributed by atoms with van der Waals surface area (Å²) in [5.74, 6) is 0.537. The Morgan fingerprint density at radius 1 is 1.25 bits per heavy atom. The molecule has 0 unspecified atom stereocenters. The third kappa shape index (κ3) is 2.43. The Morgan fingerprint density at radius 2 is 2.12 bits per heavy atom. The van der Waals surface area contributed by atoms with Crippen LogP contribution < -0.4 is 5.32 Å². The van der Waals surface area contributed by atoms with Crippen LogP contribution >= 0.6 is 0 Å². The van der Waals surface area contributed by atoms with Gasteiger partial charge in [-0.05, 0) is 24.6 Å². The van der Waals surface area contributed by atoms with Crippen LogP contribution in [0.2, 0.25) is 0 Å². The van der Waals surface area contributed by atoms with Gasteiger partial charge < -0.3 is 10.1 Å². The molecule has 0 spiro atoms. The van der Waals surface area contributed by atoms with E-state index in [-0.39, 0.29) is 0 Å². The second-order valence-corrected chi connectivity index (χ2v) is 3.55. The van der Waals surface area contributed by atoms with Crippen molar-refractivity contribution in [1.29, 1.82) is 0 Å². The van der Waals surface area contributed by atoms with Crippen LogP contribution in [0.25, 0.3) is 11.0 Å². The number of aromatic nitrogens is 3. The van der Waals surface area contributed by atoms with Crippen molar-refractivity contribution < 1.29 is 4.74 Å². The first-order valence-electron chi connectivity index (χ1n) is 5.13. The number of fused-ring (bicyclic) bond motifs is 1. The SMILES string of the molecule is COCCNc1nnc2ccc(C)cc2n1. The van der Waals surface area contributed by atoms with Crippen molar-refractivity contribution in [1.82, 2.24) is 15.2 Å². The molecule has 0 bridgehead atoms. The van der Waals surface area contributed by atoms with Crippen molar-refractivity contribution in [2.24, 2.45) is 0 Å². The number of hydrogen-bond donors (Lipinski definition) is 1. The summed E-state index contributed by atoms with van der Waals surface area (Å²) < 4.78 is 4.93. The number of anilines is 1. The van der Waals surface area contributed by atoms with Gasteiger partial charge in [-0.3, -0.25) is 0 Å². The second-order valence-electron chi connectivity index (χ2n) is 3.55. The molecule has 0 saturated heterocycles. The van der Waals surface area contributed by atoms with Crippen molar-refractivity contribution in [2.75, 3.05) is 25.6 Å². The van der Waals surface area contributed by atoms with Gasteiger partial charge in [0.25, 0.3) is 0 Å². The van der Waals surface area contributed by atoms with Crippen molar-refractivity contribution in [3.05, 3.63) is 23.8 Å². The molecule has 0 fully saturated rings. The maximum atomic E-state index is 4.93. The summed E-state index contributed by atoms with van der Waals surface area (Å²) in [6, 6.07) is 5.91. The van der Waals surface area contributed by atoms with Crippen molar-refractivity contribution in [2.45, 2.75) is 6.92 Å². The first-order chi connectivity index (χ1) is 7.79. The molecule has 1 aromatic carbocycles. The summed E-state index contributed by atoms with van der Waals surface area (Å²) in [5, 5.41) is 11.1. The van der Waals surface area contributed by atoms with Crippen molar-refractivity contribution in [3.8, 4) is 0 Å². The summed E-state index contributed by atoms with van der Waals surface area (Å²) >= 11 is 0. The largest absolute Gasteiger partial charge is 0.383 e. The predicted octanol–water partition coefficient (Wildman–Crippen LogP) is 1.39. The van der Waals surface area contributed by atoms with Crippen molar-refractivity contribution >= 4 is 17.0 Å². The molecule has 2 aromatic rings. The van der Waals surface area contributed by atoms with Crippen LogP contribution in [0.1, 0.15) is 5.56 Å². The van der Waals surface area contributed by atoms with Gasteiger partial charge in [-0.15, -0.1) is 10.2 Å². The van der Waals surface area contributed by atoms with E-state index in [9.17, 15) is 0 Å². The standard InChI is InChI=1S/C11H14N4O/c1-8-3-4-9-10(7-8)13-11(15-14-9)12-5-6-16-2/h3-4,7H,5-6H2,1-2H3,(H,12,13,15). The minimum atomic E-state index is 0.537. The Morgan fingerprint density at radius 3 is 2.94 bits per heavy atom. The molecule has 0 aliphatic carbocycles. The van der Waals surface area contributed by atoms with Gasteiger partial charge in [-0.25, -0.2) is 4.98 Å². The number of rotatable bonds is 4. The van der Waals surface area contributed by atoms with E-state index in [1.54, 1.807) is 7.11 Å². The number of nitrogens with one attached hydrogen (secondary N) is 1. The fourth-order valence-corrected chi connectivity index (χ4v) is 1.39. The normalized spacial score (nSPS) is 10.6. The second kappa shape index (κ2) is 4.85. The number of aryl methyl sites for hydroxylation is 1. The summed E-state index contributed by atoms with van der Waals surface area (Å²) in [7, 11) is 1.66. The molecule has 1 N–H and O–H groups in total. The number of ether oxygens (including phenoxy) is 1. The maximum Gasteiger partial charge on any atom is 0.243 e. The molecule has 2 rings (SSSR count). The van der Waals surface area contributed by atoms with E-state index in [1.807, 2.05) is 25.1 Å². The average Bonchev–Trinajstić information content (AvgIpc) is 2.29. The maximum absolute atomic E-state index is 4.93. The van der Waals surface area contributed by atoms with Gasteiger partial charge in [0.15, 0.2) is 0 Å². The van der Waals surface area contributed by atoms with Gasteiger partial charge in [0.05, 0.1) is 12.1 Å². The van der Waals surface area contributed by atoms with E-state index in [4.69, 9.17) is 4.74 Å². The molecule has 1 aromatic heterocycles. The van der Waals surface area contributed by atoms with Gasteiger partial charge in [-0.1, -0.05) is 6.07 Å². The molecule has 0 saturated carbocycles. The molecule has 0 radical (unpaired) electrons. The third-order valence-corrected chi connectivity index (χ3v) is 2.20. The Bertz CT molecular complexity index is 486. The van der Waals surface area contributed by atoms with Crippen LogP contribution in [0.3, 0.4) is 0 Å². The van der Waals surface area contributed by atoms with E-state index in [0.29, 0.717) is 19.1 Å². The van der Waals surface area contributed by atoms with Crippen LogP contribution in [0.15, 0.2) is 18.2 Å². The lowest BCUT2D eigenvalue weighted by atomic mass is 10.2. The van der Waals surface area contributed by atoms with E-state index in [2.05, 4.69) is 20.5 Å². The lowest BCUT2D eigenvalue weighted by Crippen LogP contribution is -2.10. The van der Waals surface area contributed by atoms with E-state index in [0.717, 1.165) is 16.6 Å². The summed E-state index contributed by atoms with van der Waals surface area (Å²) in [6.07, 6.45) is 0. The third-order valence-electron chi connectivity index (χ3n) is 2.20. The highest BCUT2D eigenvalue weighted by molar-refractivity contribution is 5.75. The van der Waals surface area contributed by atoms with Crippen LogP contribution in [0, 0.1) is 6.92 Å². The molecule has 0 aliphatic rings. The molecule has 0 amide bonds. The highest BCUT2D eigenvalue weighted by Gasteiger charge is 2.00. The van der Waals surface area contributed by atoms with E-state index >= 15 is 0 Å². The zero-order valence-corrected chi connectivity index (χ0v) is 9.40. The lowest BCUT2D eigenvalue weighted by Gasteiger charge is -2.04. The van der Waals surface area contributed by atoms with Crippen LogP contribution in [0.4, 0.5) is 5.95 Å². The zero-order chi connectivity index (χ0) is 11.4. The molecular weight excluding hydrogens is 204 g/mol. The minimum absolute atomic E-state index is 0.537. The van der Waals surface area contributed by atoms with Crippen molar-refractivity contribution in [3.63, 3.8) is 0 Å². The fraction of sp³-hybridized carbons (Fsp3) is 0.364. The van der Waals surface area contributed by atoms with E-state index < -0.39 is 0 Å². The van der Waals surface area contributed by atoms with E-state index in [1.165, 1.54) is 0 Å². The summed E-state index contributed by atoms with van der Waals surface area (Å²) in [6.45, 7) is 3.32. The van der Waals surface area contributed by atoms with Crippen LogP contribution in [0.5, 0.6) is 0 Å². The first-order valence-corrected chi connectivity index (χ1v) is 5.13. The van der Waals surface area contributed by atoms with Gasteiger partial charge >= 0.3 is 0 Å². The Hall–Kier alpha value is -1.75. The molecular formula is C11H14N4O. The lowest BCUT2D eigenvalue weighted by molar-refractivity contribution is 0.210. The van der Waals surface area contributed by atoms with Crippen LogP contribution in [-0.2, 0) is 4.74 Å². The Kier molecular flexibility index (Phi) is 3.26. The van der Waals surface area contributed by atoms with Crippen LogP contribution in [-0.4, -0.2) is 35.4 Å². The smallest absolute Gasteiger partial charge is 0.243 e. The number of nitrogens with zero attached hydrogens (tertiary/aromatic N) is 3. The molecule has 84 valence electrons. The molecule has 0 atom stereocenters. The molecule has 5 nitrogen and oxygen atoms in total.